The first-order chi connectivity index (χ1) is 8.58. The molecule has 0 bridgehead atoms. The van der Waals surface area contributed by atoms with Crippen molar-refractivity contribution in [2.45, 2.75) is 6.54 Å². The Labute approximate surface area is 107 Å². The molecule has 6 heteroatoms. The van der Waals surface area contributed by atoms with E-state index in [2.05, 4.69) is 0 Å². The lowest BCUT2D eigenvalue weighted by Gasteiger charge is -2.05. The summed E-state index contributed by atoms with van der Waals surface area (Å²) < 4.78 is 1.47. The maximum atomic E-state index is 11.5. The molecule has 0 aliphatic rings. The molecule has 0 saturated carbocycles. The average molecular weight is 265 g/mol. The maximum absolute atomic E-state index is 11.5. The Morgan fingerprint density at radius 3 is 2.72 bits per heavy atom. The number of hydrogen-bond acceptors (Lipinski definition) is 3. The first-order valence-corrected chi connectivity index (χ1v) is 5.54. The summed E-state index contributed by atoms with van der Waals surface area (Å²) in [7, 11) is 0. The van der Waals surface area contributed by atoms with Crippen LogP contribution in [0.4, 0.5) is 5.69 Å². The molecule has 0 spiro atoms. The minimum absolute atomic E-state index is 0.0872. The number of hydrogen-bond donors (Lipinski definition) is 0. The van der Waals surface area contributed by atoms with Gasteiger partial charge >= 0.3 is 0 Å². The molecule has 0 atom stereocenters. The third-order valence-corrected chi connectivity index (χ3v) is 2.78. The van der Waals surface area contributed by atoms with Crippen molar-refractivity contribution in [1.29, 1.82) is 0 Å². The van der Waals surface area contributed by atoms with Crippen LogP contribution in [-0.2, 0) is 6.54 Å². The monoisotopic (exact) mass is 264 g/mol. The molecule has 0 fully saturated rings. The first-order valence-electron chi connectivity index (χ1n) is 5.16. The molecule has 18 heavy (non-hydrogen) atoms. The number of nitro groups is 1. The van der Waals surface area contributed by atoms with Gasteiger partial charge in [-0.25, -0.2) is 0 Å². The molecule has 0 amide bonds. The smallest absolute Gasteiger partial charge is 0.288 e. The highest BCUT2D eigenvalue weighted by Crippen LogP contribution is 2.25. The van der Waals surface area contributed by atoms with Crippen LogP contribution in [0.5, 0.6) is 0 Å². The zero-order valence-electron chi connectivity index (χ0n) is 9.25. The van der Waals surface area contributed by atoms with Gasteiger partial charge in [-0.05, 0) is 17.7 Å². The molecule has 0 aliphatic heterocycles. The predicted octanol–water partition coefficient (Wildman–Crippen LogP) is 2.46. The number of rotatable bonds is 3. The summed E-state index contributed by atoms with van der Waals surface area (Å²) in [6, 6.07) is 9.30. The molecule has 1 heterocycles. The van der Waals surface area contributed by atoms with Gasteiger partial charge in [0.1, 0.15) is 5.02 Å². The van der Waals surface area contributed by atoms with Crippen LogP contribution in [0, 0.1) is 10.1 Å². The number of pyridine rings is 1. The van der Waals surface area contributed by atoms with Gasteiger partial charge in [0.25, 0.3) is 11.2 Å². The molecule has 0 aliphatic carbocycles. The van der Waals surface area contributed by atoms with E-state index in [0.717, 1.165) is 0 Å². The van der Waals surface area contributed by atoms with E-state index < -0.39 is 4.92 Å². The van der Waals surface area contributed by atoms with E-state index in [1.165, 1.54) is 22.8 Å². The summed E-state index contributed by atoms with van der Waals surface area (Å²) >= 11 is 5.72. The van der Waals surface area contributed by atoms with E-state index in [1.807, 2.05) is 0 Å². The van der Waals surface area contributed by atoms with Gasteiger partial charge in [-0.2, -0.15) is 0 Å². The Balaban J connectivity index is 2.36. The van der Waals surface area contributed by atoms with Crippen LogP contribution in [-0.4, -0.2) is 9.49 Å². The lowest BCUT2D eigenvalue weighted by molar-refractivity contribution is -0.384. The van der Waals surface area contributed by atoms with Crippen LogP contribution in [0.1, 0.15) is 5.56 Å². The Morgan fingerprint density at radius 1 is 1.28 bits per heavy atom. The molecule has 1 aromatic carbocycles. The van der Waals surface area contributed by atoms with Gasteiger partial charge in [0.2, 0.25) is 0 Å². The highest BCUT2D eigenvalue weighted by atomic mass is 35.5. The number of halogens is 1. The number of aromatic nitrogens is 1. The van der Waals surface area contributed by atoms with Crippen LogP contribution in [0.25, 0.3) is 0 Å². The van der Waals surface area contributed by atoms with Crippen molar-refractivity contribution < 1.29 is 4.92 Å². The lowest BCUT2D eigenvalue weighted by atomic mass is 10.2. The van der Waals surface area contributed by atoms with Gasteiger partial charge in [0, 0.05) is 18.3 Å². The van der Waals surface area contributed by atoms with Crippen molar-refractivity contribution in [3.05, 3.63) is 73.6 Å². The fraction of sp³-hybridized carbons (Fsp3) is 0.0833. The third kappa shape index (κ3) is 2.57. The van der Waals surface area contributed by atoms with Crippen molar-refractivity contribution in [2.75, 3.05) is 0 Å². The van der Waals surface area contributed by atoms with Crippen molar-refractivity contribution >= 4 is 17.3 Å². The first kappa shape index (κ1) is 12.3. The number of benzene rings is 1. The van der Waals surface area contributed by atoms with Gasteiger partial charge in [-0.3, -0.25) is 14.9 Å². The van der Waals surface area contributed by atoms with E-state index >= 15 is 0 Å². The number of nitro benzene ring substituents is 1. The molecule has 0 saturated heterocycles. The van der Waals surface area contributed by atoms with Crippen molar-refractivity contribution in [2.24, 2.45) is 0 Å². The van der Waals surface area contributed by atoms with Crippen molar-refractivity contribution in [3.8, 4) is 0 Å². The predicted molar refractivity (Wildman–Crippen MR) is 67.9 cm³/mol. The molecule has 0 unspecified atom stereocenters. The summed E-state index contributed by atoms with van der Waals surface area (Å²) in [5.41, 5.74) is 0.340. The second kappa shape index (κ2) is 5.01. The standard InChI is InChI=1S/C12H9ClN2O3/c13-10-5-4-9(7-11(10)15(17)18)8-14-6-2-1-3-12(14)16/h1-7H,8H2. The second-order valence-electron chi connectivity index (χ2n) is 3.71. The summed E-state index contributed by atoms with van der Waals surface area (Å²) in [5.74, 6) is 0. The summed E-state index contributed by atoms with van der Waals surface area (Å²) in [4.78, 5) is 21.7. The van der Waals surface area contributed by atoms with E-state index in [0.29, 0.717) is 5.56 Å². The van der Waals surface area contributed by atoms with Gasteiger partial charge in [0.15, 0.2) is 0 Å². The van der Waals surface area contributed by atoms with Crippen LogP contribution in [0.15, 0.2) is 47.4 Å². The molecule has 0 N–H and O–H groups in total. The van der Waals surface area contributed by atoms with Gasteiger partial charge in [-0.15, -0.1) is 0 Å². The van der Waals surface area contributed by atoms with E-state index in [1.54, 1.807) is 24.4 Å². The molecule has 2 rings (SSSR count). The van der Waals surface area contributed by atoms with E-state index in [4.69, 9.17) is 11.6 Å². The SMILES string of the molecule is O=c1ccccn1Cc1ccc(Cl)c([N+](=O)[O-])c1. The molecular weight excluding hydrogens is 256 g/mol. The molecule has 2 aromatic rings. The van der Waals surface area contributed by atoms with Gasteiger partial charge in [0.05, 0.1) is 11.5 Å². The lowest BCUT2D eigenvalue weighted by Crippen LogP contribution is -2.18. The Kier molecular flexibility index (Phi) is 3.43. The Bertz CT molecular complexity index is 652. The van der Waals surface area contributed by atoms with Gasteiger partial charge < -0.3 is 4.57 Å². The van der Waals surface area contributed by atoms with Crippen molar-refractivity contribution in [3.63, 3.8) is 0 Å². The van der Waals surface area contributed by atoms with Crippen LogP contribution < -0.4 is 5.56 Å². The zero-order valence-corrected chi connectivity index (χ0v) is 10.0. The fourth-order valence-corrected chi connectivity index (χ4v) is 1.77. The summed E-state index contributed by atoms with van der Waals surface area (Å²) in [5, 5.41) is 10.8. The zero-order chi connectivity index (χ0) is 13.1. The second-order valence-corrected chi connectivity index (χ2v) is 4.12. The maximum Gasteiger partial charge on any atom is 0.288 e. The Hall–Kier alpha value is -2.14. The molecule has 92 valence electrons. The highest BCUT2D eigenvalue weighted by Gasteiger charge is 2.12. The summed E-state index contributed by atoms with van der Waals surface area (Å²) in [6.07, 6.45) is 1.63. The third-order valence-electron chi connectivity index (χ3n) is 2.46. The van der Waals surface area contributed by atoms with Crippen LogP contribution in [0.3, 0.4) is 0 Å². The molecule has 0 radical (unpaired) electrons. The van der Waals surface area contributed by atoms with Crippen molar-refractivity contribution in [1.82, 2.24) is 4.57 Å². The number of nitrogens with zero attached hydrogens (tertiary/aromatic N) is 2. The molecular formula is C12H9ClN2O3. The minimum atomic E-state index is -0.542. The van der Waals surface area contributed by atoms with E-state index in [9.17, 15) is 14.9 Å². The average Bonchev–Trinajstić information content (AvgIpc) is 2.34. The molecule has 5 nitrogen and oxygen atoms in total. The minimum Gasteiger partial charge on any atom is -0.311 e. The van der Waals surface area contributed by atoms with Crippen LogP contribution in [0.2, 0.25) is 5.02 Å². The normalized spacial score (nSPS) is 10.3. The quantitative estimate of drug-likeness (QED) is 0.632. The molecule has 1 aromatic heterocycles. The summed E-state index contributed by atoms with van der Waals surface area (Å²) in [6.45, 7) is 0.275. The van der Waals surface area contributed by atoms with Gasteiger partial charge in [-0.1, -0.05) is 23.7 Å². The Morgan fingerprint density at radius 2 is 2.06 bits per heavy atom. The largest absolute Gasteiger partial charge is 0.311 e. The highest BCUT2D eigenvalue weighted by molar-refractivity contribution is 6.32. The fourth-order valence-electron chi connectivity index (χ4n) is 1.58. The van der Waals surface area contributed by atoms with Crippen LogP contribution >= 0.6 is 11.6 Å². The topological polar surface area (TPSA) is 65.1 Å². The van der Waals surface area contributed by atoms with E-state index in [-0.39, 0.29) is 22.8 Å².